The van der Waals surface area contributed by atoms with E-state index in [-0.39, 0.29) is 11.6 Å². The molecule has 5 heteroatoms. The number of hydrogen-bond acceptors (Lipinski definition) is 3. The predicted octanol–water partition coefficient (Wildman–Crippen LogP) is 3.38. The Hall–Kier alpha value is -2.56. The van der Waals surface area contributed by atoms with E-state index < -0.39 is 5.95 Å². The largest absolute Gasteiger partial charge is 0.354 e. The Morgan fingerprint density at radius 2 is 1.58 bits per heavy atom. The molecule has 3 rings (SSSR count). The molecule has 0 saturated heterocycles. The summed E-state index contributed by atoms with van der Waals surface area (Å²) in [5, 5.41) is 1.22. The van der Waals surface area contributed by atoms with Crippen molar-refractivity contribution in [2.75, 3.05) is 5.17 Å². The normalized spacial score (nSPS) is 14.3. The Balaban J connectivity index is 1.85. The first-order valence-electron chi connectivity index (χ1n) is 5.69. The SMILES string of the molecule is FC1=C(c2ccc(F)cc2)ON(c2ccccc2)N1. The van der Waals surface area contributed by atoms with Crippen LogP contribution in [-0.4, -0.2) is 0 Å². The fraction of sp³-hybridized carbons (Fsp3) is 0. The summed E-state index contributed by atoms with van der Waals surface area (Å²) in [4.78, 5) is 5.39. The molecule has 0 fully saturated rings. The summed E-state index contributed by atoms with van der Waals surface area (Å²) in [7, 11) is 0. The molecule has 96 valence electrons. The van der Waals surface area contributed by atoms with Crippen molar-refractivity contribution in [1.82, 2.24) is 5.43 Å². The van der Waals surface area contributed by atoms with E-state index in [2.05, 4.69) is 5.43 Å². The van der Waals surface area contributed by atoms with Gasteiger partial charge in [-0.15, -0.1) is 5.17 Å². The second-order valence-electron chi connectivity index (χ2n) is 3.98. The molecule has 0 bridgehead atoms. The molecule has 1 aliphatic heterocycles. The Labute approximate surface area is 108 Å². The Morgan fingerprint density at radius 3 is 2.26 bits per heavy atom. The van der Waals surface area contributed by atoms with Crippen LogP contribution >= 0.6 is 0 Å². The molecule has 0 spiro atoms. The fourth-order valence-corrected chi connectivity index (χ4v) is 1.76. The van der Waals surface area contributed by atoms with Crippen LogP contribution in [0.4, 0.5) is 14.5 Å². The molecule has 1 aliphatic rings. The monoisotopic (exact) mass is 260 g/mol. The van der Waals surface area contributed by atoms with Crippen LogP contribution in [-0.2, 0) is 4.84 Å². The summed E-state index contributed by atoms with van der Waals surface area (Å²) in [5.74, 6) is -0.963. The Kier molecular flexibility index (Phi) is 2.79. The molecule has 0 unspecified atom stereocenters. The summed E-state index contributed by atoms with van der Waals surface area (Å²) in [6.07, 6.45) is 0. The highest BCUT2D eigenvalue weighted by molar-refractivity contribution is 5.65. The number of hydrazine groups is 1. The number of nitrogens with zero attached hydrogens (tertiary/aromatic N) is 1. The summed E-state index contributed by atoms with van der Waals surface area (Å²) in [6, 6.07) is 14.4. The maximum Gasteiger partial charge on any atom is 0.254 e. The summed E-state index contributed by atoms with van der Waals surface area (Å²) >= 11 is 0. The van der Waals surface area contributed by atoms with E-state index in [0.29, 0.717) is 11.3 Å². The smallest absolute Gasteiger partial charge is 0.254 e. The number of halogens is 2. The standard InChI is InChI=1S/C14H10F2N2O/c15-11-8-6-10(7-9-11)13-14(16)17-18(19-13)12-4-2-1-3-5-12/h1-9,17H. The average Bonchev–Trinajstić information content (AvgIpc) is 2.83. The van der Waals surface area contributed by atoms with Gasteiger partial charge in [-0.1, -0.05) is 18.2 Å². The molecule has 0 aromatic heterocycles. The zero-order valence-corrected chi connectivity index (χ0v) is 9.81. The molecular formula is C14H10F2N2O. The van der Waals surface area contributed by atoms with Gasteiger partial charge >= 0.3 is 0 Å². The first-order valence-corrected chi connectivity index (χ1v) is 5.69. The molecule has 0 atom stereocenters. The van der Waals surface area contributed by atoms with E-state index in [0.717, 1.165) is 0 Å². The van der Waals surface area contributed by atoms with E-state index in [4.69, 9.17) is 4.84 Å². The van der Waals surface area contributed by atoms with Gasteiger partial charge in [0.15, 0.2) is 0 Å². The van der Waals surface area contributed by atoms with Crippen molar-refractivity contribution >= 4 is 11.4 Å². The molecule has 0 amide bonds. The first kappa shape index (κ1) is 11.5. The summed E-state index contributed by atoms with van der Waals surface area (Å²) < 4.78 is 26.7. The van der Waals surface area contributed by atoms with Crippen LogP contribution in [0.15, 0.2) is 60.5 Å². The van der Waals surface area contributed by atoms with Crippen LogP contribution in [0.3, 0.4) is 0 Å². The highest BCUT2D eigenvalue weighted by atomic mass is 19.1. The van der Waals surface area contributed by atoms with E-state index >= 15 is 0 Å². The zero-order valence-electron chi connectivity index (χ0n) is 9.81. The number of para-hydroxylation sites is 1. The van der Waals surface area contributed by atoms with Gasteiger partial charge in [-0.25, -0.2) is 9.82 Å². The van der Waals surface area contributed by atoms with Gasteiger partial charge in [0.05, 0.1) is 5.69 Å². The third-order valence-corrected chi connectivity index (χ3v) is 2.68. The highest BCUT2D eigenvalue weighted by Crippen LogP contribution is 2.29. The van der Waals surface area contributed by atoms with Gasteiger partial charge in [0.1, 0.15) is 5.82 Å². The van der Waals surface area contributed by atoms with Crippen LogP contribution in [0.25, 0.3) is 5.76 Å². The van der Waals surface area contributed by atoms with Gasteiger partial charge in [-0.2, -0.15) is 4.39 Å². The lowest BCUT2D eigenvalue weighted by Gasteiger charge is -2.17. The van der Waals surface area contributed by atoms with Crippen LogP contribution in [0, 0.1) is 5.82 Å². The van der Waals surface area contributed by atoms with Crippen molar-refractivity contribution in [3.63, 3.8) is 0 Å². The molecule has 0 aliphatic carbocycles. The number of hydrogen-bond donors (Lipinski definition) is 1. The second kappa shape index (κ2) is 4.61. The van der Waals surface area contributed by atoms with E-state index in [9.17, 15) is 8.78 Å². The van der Waals surface area contributed by atoms with Gasteiger partial charge in [0.25, 0.3) is 5.95 Å². The van der Waals surface area contributed by atoms with E-state index in [1.54, 1.807) is 12.1 Å². The Bertz CT molecular complexity index is 611. The van der Waals surface area contributed by atoms with Crippen molar-refractivity contribution < 1.29 is 13.6 Å². The number of benzene rings is 2. The topological polar surface area (TPSA) is 24.5 Å². The molecule has 0 radical (unpaired) electrons. The van der Waals surface area contributed by atoms with Crippen LogP contribution in [0.2, 0.25) is 0 Å². The summed E-state index contributed by atoms with van der Waals surface area (Å²) in [5.41, 5.74) is 3.59. The van der Waals surface area contributed by atoms with Crippen molar-refractivity contribution in [2.45, 2.75) is 0 Å². The lowest BCUT2D eigenvalue weighted by atomic mass is 10.2. The van der Waals surface area contributed by atoms with Gasteiger partial charge in [0, 0.05) is 5.56 Å². The second-order valence-corrected chi connectivity index (χ2v) is 3.98. The van der Waals surface area contributed by atoms with Gasteiger partial charge in [-0.05, 0) is 36.4 Å². The van der Waals surface area contributed by atoms with Crippen molar-refractivity contribution in [3.05, 3.63) is 71.9 Å². The highest BCUT2D eigenvalue weighted by Gasteiger charge is 2.25. The minimum atomic E-state index is -0.615. The summed E-state index contributed by atoms with van der Waals surface area (Å²) in [6.45, 7) is 0. The van der Waals surface area contributed by atoms with Crippen molar-refractivity contribution in [3.8, 4) is 0 Å². The predicted molar refractivity (Wildman–Crippen MR) is 67.6 cm³/mol. The molecule has 2 aromatic carbocycles. The molecule has 1 N–H and O–H groups in total. The number of rotatable bonds is 2. The molecule has 3 nitrogen and oxygen atoms in total. The quantitative estimate of drug-likeness (QED) is 0.838. The maximum absolute atomic E-state index is 13.8. The third kappa shape index (κ3) is 2.22. The third-order valence-electron chi connectivity index (χ3n) is 2.68. The lowest BCUT2D eigenvalue weighted by molar-refractivity contribution is 0.241. The molecule has 2 aromatic rings. The minimum Gasteiger partial charge on any atom is -0.354 e. The van der Waals surface area contributed by atoms with Gasteiger partial charge in [0.2, 0.25) is 5.76 Å². The molecule has 19 heavy (non-hydrogen) atoms. The Morgan fingerprint density at radius 1 is 0.895 bits per heavy atom. The lowest BCUT2D eigenvalue weighted by Crippen LogP contribution is -2.29. The molecule has 0 saturated carbocycles. The van der Waals surface area contributed by atoms with E-state index in [1.807, 2.05) is 18.2 Å². The van der Waals surface area contributed by atoms with Crippen LogP contribution in [0.5, 0.6) is 0 Å². The molecule has 1 heterocycles. The van der Waals surface area contributed by atoms with Gasteiger partial charge in [-0.3, -0.25) is 0 Å². The van der Waals surface area contributed by atoms with Crippen molar-refractivity contribution in [2.24, 2.45) is 0 Å². The first-order chi connectivity index (χ1) is 9.24. The zero-order chi connectivity index (χ0) is 13.2. The minimum absolute atomic E-state index is 0.0313. The number of anilines is 1. The molecular weight excluding hydrogens is 250 g/mol. The van der Waals surface area contributed by atoms with Crippen molar-refractivity contribution in [1.29, 1.82) is 0 Å². The maximum atomic E-state index is 13.8. The van der Waals surface area contributed by atoms with Gasteiger partial charge < -0.3 is 4.84 Å². The fourth-order valence-electron chi connectivity index (χ4n) is 1.76. The van der Waals surface area contributed by atoms with Crippen LogP contribution < -0.4 is 10.6 Å². The van der Waals surface area contributed by atoms with Crippen LogP contribution in [0.1, 0.15) is 5.56 Å². The van der Waals surface area contributed by atoms with E-state index in [1.165, 1.54) is 29.4 Å². The number of nitrogens with one attached hydrogen (secondary N) is 1. The average molecular weight is 260 g/mol.